The number of halogens is 2. The number of nitrogens with one attached hydrogen (secondary N) is 3. The Hall–Kier alpha value is -5.47. The molecule has 0 heterocycles. The van der Waals surface area contributed by atoms with Crippen molar-refractivity contribution in [3.8, 4) is 0 Å². The van der Waals surface area contributed by atoms with Crippen LogP contribution in [0.1, 0.15) is 34.6 Å². The lowest BCUT2D eigenvalue weighted by Gasteiger charge is -2.12. The van der Waals surface area contributed by atoms with E-state index in [4.69, 9.17) is 28.9 Å². The van der Waals surface area contributed by atoms with Crippen LogP contribution < -0.4 is 20.5 Å². The largest absolute Gasteiger partial charge is 0.369 e. The second kappa shape index (κ2) is 14.3. The zero-order valence-electron chi connectivity index (χ0n) is 27.4. The number of benzene rings is 6. The van der Waals surface area contributed by atoms with Gasteiger partial charge in [-0.05, 0) is 120 Å². The van der Waals surface area contributed by atoms with Crippen LogP contribution in [0, 0.1) is 0 Å². The molecule has 0 aliphatic carbocycles. The van der Waals surface area contributed by atoms with Gasteiger partial charge in [0.15, 0.2) is 17.5 Å². The molecular weight excluding hydrogens is 745 g/mol. The van der Waals surface area contributed by atoms with Crippen LogP contribution in [0.15, 0.2) is 124 Å². The molecule has 0 aliphatic rings. The van der Waals surface area contributed by atoms with E-state index in [-0.39, 0.29) is 59.9 Å². The van der Waals surface area contributed by atoms with Gasteiger partial charge in [0.25, 0.3) is 20.0 Å². The summed E-state index contributed by atoms with van der Waals surface area (Å²) in [5, 5.41) is 6.18. The van der Waals surface area contributed by atoms with Crippen molar-refractivity contribution in [2.45, 2.75) is 23.6 Å². The van der Waals surface area contributed by atoms with Crippen molar-refractivity contribution in [2.24, 2.45) is 10.7 Å². The van der Waals surface area contributed by atoms with E-state index in [0.29, 0.717) is 22.1 Å². The molecule has 6 aromatic carbocycles. The first-order valence-electron chi connectivity index (χ1n) is 15.4. The van der Waals surface area contributed by atoms with Gasteiger partial charge in [0.05, 0.1) is 25.5 Å². The summed E-state index contributed by atoms with van der Waals surface area (Å²) in [6, 6.07) is 28.4. The standard InChI is InChI=1S/C37H29Cl2N5O6S2/c1-21(45)33-19-29(9-13-35(33)38)43-51(47,48)31-11-5-23-3-7-27(15-25(23)17-31)41-37(40)42-28-8-4-24-6-12-32(18-26(24)16-28)52(49,50)44-30-10-14-36(39)34(20-30)22(2)46/h3-20,43-44H,1-2H3,(H3,40,41,42). The van der Waals surface area contributed by atoms with E-state index in [1.165, 1.54) is 74.5 Å². The highest BCUT2D eigenvalue weighted by molar-refractivity contribution is 7.93. The number of anilines is 3. The first kappa shape index (κ1) is 36.3. The van der Waals surface area contributed by atoms with Crippen molar-refractivity contribution in [1.29, 1.82) is 0 Å². The number of sulfonamides is 2. The van der Waals surface area contributed by atoms with E-state index in [0.717, 1.165) is 10.8 Å². The van der Waals surface area contributed by atoms with Gasteiger partial charge in [-0.1, -0.05) is 47.5 Å². The normalized spacial score (nSPS) is 12.1. The summed E-state index contributed by atoms with van der Waals surface area (Å²) in [5.41, 5.74) is 8.01. The Morgan fingerprint density at radius 2 is 1.00 bits per heavy atom. The predicted molar refractivity (Wildman–Crippen MR) is 207 cm³/mol. The Morgan fingerprint density at radius 3 is 1.50 bits per heavy atom. The molecule has 0 saturated carbocycles. The molecule has 52 heavy (non-hydrogen) atoms. The molecule has 6 aromatic rings. The zero-order valence-corrected chi connectivity index (χ0v) is 30.6. The molecule has 0 aliphatic heterocycles. The smallest absolute Gasteiger partial charge is 0.261 e. The second-order valence-electron chi connectivity index (χ2n) is 11.8. The van der Waals surface area contributed by atoms with E-state index in [1.54, 1.807) is 48.5 Å². The van der Waals surface area contributed by atoms with Crippen molar-refractivity contribution in [3.63, 3.8) is 0 Å². The quantitative estimate of drug-likeness (QED) is 0.0610. The van der Waals surface area contributed by atoms with Gasteiger partial charge in [-0.3, -0.25) is 19.0 Å². The fourth-order valence-corrected chi connectivity index (χ4v) is 8.05. The molecule has 0 unspecified atom stereocenters. The lowest BCUT2D eigenvalue weighted by molar-refractivity contribution is 0.100. The predicted octanol–water partition coefficient (Wildman–Crippen LogP) is 8.36. The molecule has 11 nitrogen and oxygen atoms in total. The number of hydrogen-bond donors (Lipinski definition) is 4. The van der Waals surface area contributed by atoms with Gasteiger partial charge in [0.2, 0.25) is 0 Å². The minimum absolute atomic E-state index is 0.000150. The van der Waals surface area contributed by atoms with Gasteiger partial charge in [-0.25, -0.2) is 21.8 Å². The number of aliphatic imine (C=N–C) groups is 1. The second-order valence-corrected chi connectivity index (χ2v) is 15.9. The molecule has 15 heteroatoms. The fourth-order valence-electron chi connectivity index (χ4n) is 5.38. The van der Waals surface area contributed by atoms with Crippen molar-refractivity contribution in [2.75, 3.05) is 14.8 Å². The number of ketones is 2. The van der Waals surface area contributed by atoms with Gasteiger partial charge in [-0.15, -0.1) is 0 Å². The van der Waals surface area contributed by atoms with E-state index < -0.39 is 20.0 Å². The summed E-state index contributed by atoms with van der Waals surface area (Å²) in [6.07, 6.45) is 0. The maximum atomic E-state index is 13.2. The molecule has 6 rings (SSSR count). The van der Waals surface area contributed by atoms with E-state index in [2.05, 4.69) is 19.8 Å². The molecule has 264 valence electrons. The summed E-state index contributed by atoms with van der Waals surface area (Å²) in [7, 11) is -8.05. The summed E-state index contributed by atoms with van der Waals surface area (Å²) in [4.78, 5) is 28.2. The Bertz CT molecular complexity index is 2700. The molecule has 0 aromatic heterocycles. The summed E-state index contributed by atoms with van der Waals surface area (Å²) < 4.78 is 57.9. The maximum Gasteiger partial charge on any atom is 0.261 e. The van der Waals surface area contributed by atoms with Crippen LogP contribution >= 0.6 is 23.2 Å². The van der Waals surface area contributed by atoms with E-state index >= 15 is 0 Å². The van der Waals surface area contributed by atoms with Crippen LogP contribution in [-0.4, -0.2) is 34.4 Å². The summed E-state index contributed by atoms with van der Waals surface area (Å²) >= 11 is 12.1. The lowest BCUT2D eigenvalue weighted by Crippen LogP contribution is -2.21. The summed E-state index contributed by atoms with van der Waals surface area (Å²) in [6.45, 7) is 2.68. The molecule has 0 saturated heterocycles. The number of nitrogens with zero attached hydrogens (tertiary/aromatic N) is 1. The minimum atomic E-state index is -4.03. The number of hydrogen-bond acceptors (Lipinski definition) is 7. The van der Waals surface area contributed by atoms with Crippen molar-refractivity contribution in [3.05, 3.63) is 130 Å². The third-order valence-corrected chi connectivity index (χ3v) is 11.4. The third kappa shape index (κ3) is 8.03. The van der Waals surface area contributed by atoms with Gasteiger partial charge in [0.1, 0.15) is 0 Å². The van der Waals surface area contributed by atoms with Crippen molar-refractivity contribution >= 4 is 105 Å². The topological polar surface area (TPSA) is 177 Å². The SMILES string of the molecule is CC(=O)c1cc(NS(=O)(=O)c2ccc3ccc(N=C(N)Nc4ccc5ccc(S(=O)(=O)Nc6ccc(Cl)c(C(C)=O)c6)cc5c4)cc3c2)ccc1Cl. The first-order valence-corrected chi connectivity index (χ1v) is 19.2. The highest BCUT2D eigenvalue weighted by atomic mass is 35.5. The van der Waals surface area contributed by atoms with E-state index in [1.807, 2.05) is 0 Å². The zero-order chi connectivity index (χ0) is 37.4. The number of nitrogens with two attached hydrogens (primary N) is 1. The molecule has 0 spiro atoms. The summed E-state index contributed by atoms with van der Waals surface area (Å²) in [5.74, 6) is -0.563. The van der Waals surface area contributed by atoms with Gasteiger partial charge in [0, 0.05) is 28.2 Å². The lowest BCUT2D eigenvalue weighted by atomic mass is 10.1. The maximum absolute atomic E-state index is 13.2. The fraction of sp³-hybridized carbons (Fsp3) is 0.0541. The third-order valence-electron chi connectivity index (χ3n) is 7.95. The van der Waals surface area contributed by atoms with Crippen LogP contribution in [0.25, 0.3) is 21.5 Å². The van der Waals surface area contributed by atoms with Crippen LogP contribution in [-0.2, 0) is 20.0 Å². The Labute approximate surface area is 309 Å². The van der Waals surface area contributed by atoms with Crippen LogP contribution in [0.3, 0.4) is 0 Å². The Balaban J connectivity index is 1.21. The molecular formula is C37H29Cl2N5O6S2. The number of fused-ring (bicyclic) bond motifs is 2. The molecule has 0 radical (unpaired) electrons. The van der Waals surface area contributed by atoms with Crippen LogP contribution in [0.5, 0.6) is 0 Å². The molecule has 0 fully saturated rings. The highest BCUT2D eigenvalue weighted by Crippen LogP contribution is 2.29. The molecule has 5 N–H and O–H groups in total. The first-order chi connectivity index (χ1) is 24.6. The van der Waals surface area contributed by atoms with Crippen molar-refractivity contribution in [1.82, 2.24) is 0 Å². The van der Waals surface area contributed by atoms with Crippen LogP contribution in [0.2, 0.25) is 10.0 Å². The minimum Gasteiger partial charge on any atom is -0.369 e. The molecule has 0 bridgehead atoms. The van der Waals surface area contributed by atoms with Gasteiger partial charge < -0.3 is 11.1 Å². The van der Waals surface area contributed by atoms with E-state index in [9.17, 15) is 26.4 Å². The number of Topliss-reactive ketones (excluding diaryl/α,β-unsaturated/α-hetero) is 2. The number of carbonyl (C=O) groups is 2. The van der Waals surface area contributed by atoms with Crippen molar-refractivity contribution < 1.29 is 26.4 Å². The highest BCUT2D eigenvalue weighted by Gasteiger charge is 2.18. The van der Waals surface area contributed by atoms with Crippen LogP contribution in [0.4, 0.5) is 22.7 Å². The monoisotopic (exact) mass is 773 g/mol. The average Bonchev–Trinajstić information content (AvgIpc) is 3.08. The number of guanidine groups is 1. The Morgan fingerprint density at radius 1 is 0.558 bits per heavy atom. The number of rotatable bonds is 10. The Kier molecular flexibility index (Phi) is 9.97. The molecule has 0 amide bonds. The van der Waals surface area contributed by atoms with Gasteiger partial charge in [-0.2, -0.15) is 0 Å². The molecule has 0 atom stereocenters. The number of carbonyl (C=O) groups excluding carboxylic acids is 2. The van der Waals surface area contributed by atoms with Gasteiger partial charge >= 0.3 is 0 Å². The average molecular weight is 775 g/mol.